The third kappa shape index (κ3) is 3.71. The molecule has 1 aromatic carbocycles. The fourth-order valence-corrected chi connectivity index (χ4v) is 3.85. The van der Waals surface area contributed by atoms with Crippen LogP contribution in [0.5, 0.6) is 0 Å². The highest BCUT2D eigenvalue weighted by atomic mass is 32.1. The number of aromatic nitrogens is 2. The number of rotatable bonds is 4. The minimum Gasteiger partial charge on any atom is -0.376 e. The van der Waals surface area contributed by atoms with Crippen molar-refractivity contribution in [3.63, 3.8) is 0 Å². The second-order valence-electron chi connectivity index (χ2n) is 5.96. The van der Waals surface area contributed by atoms with E-state index in [4.69, 9.17) is 15.2 Å². The van der Waals surface area contributed by atoms with Gasteiger partial charge in [0.25, 0.3) is 0 Å². The maximum Gasteiger partial charge on any atom is 0.180 e. The Labute approximate surface area is 150 Å². The van der Waals surface area contributed by atoms with Crippen LogP contribution in [0.2, 0.25) is 0 Å². The highest BCUT2D eigenvalue weighted by Gasteiger charge is 2.29. The molecule has 0 aliphatic carbocycles. The van der Waals surface area contributed by atoms with E-state index in [0.717, 1.165) is 22.7 Å². The van der Waals surface area contributed by atoms with Gasteiger partial charge in [-0.15, -0.1) is 0 Å². The van der Waals surface area contributed by atoms with E-state index in [-0.39, 0.29) is 12.2 Å². The van der Waals surface area contributed by atoms with Gasteiger partial charge in [0.05, 0.1) is 35.6 Å². The number of nitrogens with two attached hydrogens (primary N) is 1. The Morgan fingerprint density at radius 1 is 1.08 bits per heavy atom. The van der Waals surface area contributed by atoms with Crippen LogP contribution in [0.4, 0.5) is 5.13 Å². The fraction of sp³-hybridized carbons (Fsp3) is 0.263. The number of nitrogen functional groups attached to an aromatic ring is 1. The molecule has 1 aliphatic heterocycles. The molecule has 3 heterocycles. The molecule has 25 heavy (non-hydrogen) atoms. The average Bonchev–Trinajstić information content (AvgIpc) is 3.05. The summed E-state index contributed by atoms with van der Waals surface area (Å²) in [5.74, 6) is 0. The zero-order chi connectivity index (χ0) is 17.1. The fourth-order valence-electron chi connectivity index (χ4n) is 2.99. The van der Waals surface area contributed by atoms with E-state index in [9.17, 15) is 0 Å². The molecule has 0 bridgehead atoms. The highest BCUT2D eigenvalue weighted by molar-refractivity contribution is 7.18. The lowest BCUT2D eigenvalue weighted by Gasteiger charge is -2.30. The summed E-state index contributed by atoms with van der Waals surface area (Å²) in [7, 11) is 0. The van der Waals surface area contributed by atoms with Gasteiger partial charge in [0, 0.05) is 12.6 Å². The van der Waals surface area contributed by atoms with Gasteiger partial charge in [0.1, 0.15) is 6.10 Å². The van der Waals surface area contributed by atoms with Crippen molar-refractivity contribution < 1.29 is 9.47 Å². The van der Waals surface area contributed by atoms with Gasteiger partial charge < -0.3 is 15.2 Å². The minimum atomic E-state index is -0.229. The summed E-state index contributed by atoms with van der Waals surface area (Å²) in [5, 5.41) is 0.518. The van der Waals surface area contributed by atoms with Gasteiger partial charge in [-0.05, 0) is 17.7 Å². The highest BCUT2D eigenvalue weighted by Crippen LogP contribution is 2.37. The number of hydrogen-bond acceptors (Lipinski definition) is 6. The van der Waals surface area contributed by atoms with Gasteiger partial charge in [-0.1, -0.05) is 47.7 Å². The molecule has 4 rings (SSSR count). The van der Waals surface area contributed by atoms with Crippen molar-refractivity contribution >= 4 is 16.5 Å². The topological polar surface area (TPSA) is 70.3 Å². The van der Waals surface area contributed by atoms with Crippen LogP contribution in [0, 0.1) is 0 Å². The monoisotopic (exact) mass is 353 g/mol. The average molecular weight is 353 g/mol. The van der Waals surface area contributed by atoms with Crippen molar-refractivity contribution in [1.82, 2.24) is 9.97 Å². The van der Waals surface area contributed by atoms with Gasteiger partial charge >= 0.3 is 0 Å². The normalized spacial score (nSPS) is 20.5. The largest absolute Gasteiger partial charge is 0.376 e. The van der Waals surface area contributed by atoms with E-state index in [0.29, 0.717) is 18.3 Å². The van der Waals surface area contributed by atoms with Crippen LogP contribution in [-0.4, -0.2) is 29.3 Å². The van der Waals surface area contributed by atoms with E-state index < -0.39 is 0 Å². The molecule has 0 spiro atoms. The minimum absolute atomic E-state index is 0.000608. The summed E-state index contributed by atoms with van der Waals surface area (Å²) in [5.41, 5.74) is 8.88. The lowest BCUT2D eigenvalue weighted by Crippen LogP contribution is -2.33. The van der Waals surface area contributed by atoms with Crippen molar-refractivity contribution in [3.8, 4) is 10.6 Å². The van der Waals surface area contributed by atoms with Crippen molar-refractivity contribution in [2.75, 3.05) is 18.9 Å². The van der Waals surface area contributed by atoms with Crippen molar-refractivity contribution in [1.29, 1.82) is 0 Å². The van der Waals surface area contributed by atoms with Gasteiger partial charge in [-0.3, -0.25) is 4.98 Å². The Morgan fingerprint density at radius 3 is 2.72 bits per heavy atom. The molecular formula is C19H19N3O2S. The molecule has 3 aromatic rings. The number of benzene rings is 1. The van der Waals surface area contributed by atoms with Crippen LogP contribution in [0.1, 0.15) is 17.4 Å². The molecule has 1 fully saturated rings. The molecule has 2 aromatic heterocycles. The quantitative estimate of drug-likeness (QED) is 0.777. The zero-order valence-corrected chi connectivity index (χ0v) is 14.5. The maximum atomic E-state index is 6.29. The van der Waals surface area contributed by atoms with Crippen molar-refractivity contribution in [3.05, 3.63) is 66.0 Å². The predicted molar refractivity (Wildman–Crippen MR) is 98.3 cm³/mol. The molecule has 2 N–H and O–H groups in total. The van der Waals surface area contributed by atoms with E-state index in [1.165, 1.54) is 16.9 Å². The Bertz CT molecular complexity index is 823. The van der Waals surface area contributed by atoms with Crippen LogP contribution in [0.25, 0.3) is 10.6 Å². The van der Waals surface area contributed by atoms with Crippen molar-refractivity contribution in [2.24, 2.45) is 0 Å². The maximum absolute atomic E-state index is 6.29. The number of thiazole rings is 1. The van der Waals surface area contributed by atoms with Crippen LogP contribution >= 0.6 is 11.3 Å². The van der Waals surface area contributed by atoms with Crippen molar-refractivity contribution in [2.45, 2.75) is 18.6 Å². The van der Waals surface area contributed by atoms with E-state index in [2.05, 4.69) is 22.1 Å². The Morgan fingerprint density at radius 2 is 1.92 bits per heavy atom. The van der Waals surface area contributed by atoms with Crippen LogP contribution in [-0.2, 0) is 15.9 Å². The van der Waals surface area contributed by atoms with Gasteiger partial charge in [-0.2, -0.15) is 0 Å². The van der Waals surface area contributed by atoms with Gasteiger partial charge in [0.15, 0.2) is 5.13 Å². The summed E-state index contributed by atoms with van der Waals surface area (Å²) in [6.45, 7) is 1.07. The summed E-state index contributed by atoms with van der Waals surface area (Å²) < 4.78 is 12.1. The third-order valence-corrected chi connectivity index (χ3v) is 5.03. The molecule has 2 atom stereocenters. The number of pyridine rings is 1. The first-order valence-electron chi connectivity index (χ1n) is 8.24. The number of hydrogen-bond donors (Lipinski definition) is 1. The molecule has 0 saturated carbocycles. The van der Waals surface area contributed by atoms with Gasteiger partial charge in [0.2, 0.25) is 0 Å². The number of nitrogens with zero attached hydrogens (tertiary/aromatic N) is 2. The molecular weight excluding hydrogens is 334 g/mol. The van der Waals surface area contributed by atoms with E-state index in [1.807, 2.05) is 36.4 Å². The molecule has 2 unspecified atom stereocenters. The first kappa shape index (κ1) is 16.2. The molecule has 128 valence electrons. The molecule has 6 heteroatoms. The zero-order valence-electron chi connectivity index (χ0n) is 13.7. The lowest BCUT2D eigenvalue weighted by molar-refractivity contribution is -0.140. The van der Waals surface area contributed by atoms with E-state index >= 15 is 0 Å². The van der Waals surface area contributed by atoms with Crippen LogP contribution in [0.15, 0.2) is 54.7 Å². The predicted octanol–water partition coefficient (Wildman–Crippen LogP) is 3.49. The summed E-state index contributed by atoms with van der Waals surface area (Å²) in [6, 6.07) is 16.1. The molecule has 0 amide bonds. The second kappa shape index (κ2) is 7.31. The number of anilines is 1. The molecule has 5 nitrogen and oxygen atoms in total. The smallest absolute Gasteiger partial charge is 0.180 e. The second-order valence-corrected chi connectivity index (χ2v) is 6.99. The lowest BCUT2D eigenvalue weighted by atomic mass is 10.1. The standard InChI is InChI=1S/C19H19N3O2S/c20-19-22-17(18(25-19)15-8-4-5-9-21-15)16-12-23-11-14(24-16)10-13-6-2-1-3-7-13/h1-9,14,16H,10-12H2,(H2,20,22). The summed E-state index contributed by atoms with van der Waals surface area (Å²) in [4.78, 5) is 9.88. The molecule has 1 aliphatic rings. The Kier molecular flexibility index (Phi) is 4.74. The summed E-state index contributed by atoms with van der Waals surface area (Å²) in [6.07, 6.45) is 2.36. The SMILES string of the molecule is Nc1nc(C2COCC(Cc3ccccc3)O2)c(-c2ccccn2)s1. The van der Waals surface area contributed by atoms with Gasteiger partial charge in [-0.25, -0.2) is 4.98 Å². The van der Waals surface area contributed by atoms with Crippen LogP contribution < -0.4 is 5.73 Å². The Balaban J connectivity index is 1.56. The molecule has 0 radical (unpaired) electrons. The summed E-state index contributed by atoms with van der Waals surface area (Å²) >= 11 is 1.43. The third-order valence-electron chi connectivity index (χ3n) is 4.11. The number of ether oxygens (including phenoxy) is 2. The Hall–Kier alpha value is -2.28. The molecule has 1 saturated heterocycles. The first-order chi connectivity index (χ1) is 12.3. The first-order valence-corrected chi connectivity index (χ1v) is 9.06. The van der Waals surface area contributed by atoms with E-state index in [1.54, 1.807) is 6.20 Å². The van der Waals surface area contributed by atoms with Crippen LogP contribution in [0.3, 0.4) is 0 Å².